The summed E-state index contributed by atoms with van der Waals surface area (Å²) < 4.78 is 5.74. The maximum Gasteiger partial charge on any atom is 0.188 e. The summed E-state index contributed by atoms with van der Waals surface area (Å²) in [6.07, 6.45) is 2.64. The molecule has 0 amide bonds. The van der Waals surface area contributed by atoms with Crippen LogP contribution in [0.1, 0.15) is 25.8 Å². The van der Waals surface area contributed by atoms with Crippen LogP contribution in [0.25, 0.3) is 0 Å². The molecule has 0 bridgehead atoms. The van der Waals surface area contributed by atoms with Crippen LogP contribution in [-0.4, -0.2) is 55.8 Å². The molecule has 1 aliphatic heterocycles. The Hall–Kier alpha value is -0.860. The number of guanidine groups is 1. The van der Waals surface area contributed by atoms with Gasteiger partial charge in [0.15, 0.2) is 5.96 Å². The van der Waals surface area contributed by atoms with Crippen LogP contribution in [0, 0.1) is 0 Å². The molecule has 1 aliphatic rings. The van der Waals surface area contributed by atoms with E-state index < -0.39 is 0 Å². The van der Waals surface area contributed by atoms with E-state index in [4.69, 9.17) is 10.5 Å². The molecule has 5 nitrogen and oxygen atoms in total. The molecule has 3 N–H and O–H groups in total. The number of aliphatic imine (C=N–C) groups is 1. The van der Waals surface area contributed by atoms with E-state index in [1.165, 1.54) is 5.56 Å². The van der Waals surface area contributed by atoms with Crippen LogP contribution in [0.2, 0.25) is 0 Å². The number of nitrogens with zero attached hydrogens (tertiary/aromatic N) is 2. The molecule has 6 heteroatoms. The molecule has 1 aromatic carbocycles. The SMILES string of the molecule is CC1CN(CCCN=C(N)NCCc2ccccc2)CC(C)O1.I. The van der Waals surface area contributed by atoms with Crippen molar-refractivity contribution in [2.24, 2.45) is 10.7 Å². The summed E-state index contributed by atoms with van der Waals surface area (Å²) in [7, 11) is 0. The van der Waals surface area contributed by atoms with Crippen molar-refractivity contribution in [1.82, 2.24) is 10.2 Å². The Kier molecular flexibility index (Phi) is 10.3. The third-order valence-electron chi connectivity index (χ3n) is 3.97. The van der Waals surface area contributed by atoms with Gasteiger partial charge < -0.3 is 15.8 Å². The van der Waals surface area contributed by atoms with Crippen molar-refractivity contribution < 1.29 is 4.74 Å². The van der Waals surface area contributed by atoms with Crippen LogP contribution < -0.4 is 11.1 Å². The molecule has 0 aromatic heterocycles. The lowest BCUT2D eigenvalue weighted by molar-refractivity contribution is -0.0679. The first kappa shape index (κ1) is 21.2. The van der Waals surface area contributed by atoms with Crippen LogP contribution in [0.3, 0.4) is 0 Å². The van der Waals surface area contributed by atoms with Crippen molar-refractivity contribution in [2.75, 3.05) is 32.7 Å². The van der Waals surface area contributed by atoms with E-state index in [0.29, 0.717) is 18.2 Å². The van der Waals surface area contributed by atoms with Gasteiger partial charge in [0, 0.05) is 32.7 Å². The number of hydrogen-bond acceptors (Lipinski definition) is 3. The molecule has 136 valence electrons. The normalized spacial score (nSPS) is 22.0. The van der Waals surface area contributed by atoms with Gasteiger partial charge in [-0.2, -0.15) is 0 Å². The van der Waals surface area contributed by atoms with Crippen LogP contribution in [0.5, 0.6) is 0 Å². The second-order valence-corrected chi connectivity index (χ2v) is 6.30. The summed E-state index contributed by atoms with van der Waals surface area (Å²) in [6, 6.07) is 10.4. The van der Waals surface area contributed by atoms with E-state index in [1.54, 1.807) is 0 Å². The highest BCUT2D eigenvalue weighted by Crippen LogP contribution is 2.10. The number of nitrogens with two attached hydrogens (primary N) is 1. The van der Waals surface area contributed by atoms with Crippen molar-refractivity contribution >= 4 is 29.9 Å². The Morgan fingerprint density at radius 2 is 1.92 bits per heavy atom. The van der Waals surface area contributed by atoms with Gasteiger partial charge >= 0.3 is 0 Å². The average Bonchev–Trinajstić information content (AvgIpc) is 2.52. The van der Waals surface area contributed by atoms with Crippen LogP contribution in [0.15, 0.2) is 35.3 Å². The molecule has 1 saturated heterocycles. The molecule has 24 heavy (non-hydrogen) atoms. The lowest BCUT2D eigenvalue weighted by atomic mass is 10.1. The van der Waals surface area contributed by atoms with Crippen molar-refractivity contribution in [2.45, 2.75) is 38.9 Å². The van der Waals surface area contributed by atoms with Gasteiger partial charge in [-0.1, -0.05) is 30.3 Å². The fourth-order valence-corrected chi connectivity index (χ4v) is 3.00. The second-order valence-electron chi connectivity index (χ2n) is 6.30. The average molecular weight is 446 g/mol. The number of nitrogens with one attached hydrogen (secondary N) is 1. The molecule has 1 heterocycles. The van der Waals surface area contributed by atoms with Gasteiger partial charge in [-0.25, -0.2) is 0 Å². The lowest BCUT2D eigenvalue weighted by Crippen LogP contribution is -2.45. The van der Waals surface area contributed by atoms with E-state index in [0.717, 1.165) is 45.6 Å². The molecule has 0 spiro atoms. The number of morpholine rings is 1. The Morgan fingerprint density at radius 1 is 1.25 bits per heavy atom. The third kappa shape index (κ3) is 8.30. The molecule has 1 aromatic rings. The summed E-state index contributed by atoms with van der Waals surface area (Å²) >= 11 is 0. The summed E-state index contributed by atoms with van der Waals surface area (Å²) in [5.74, 6) is 0.546. The predicted molar refractivity (Wildman–Crippen MR) is 111 cm³/mol. The van der Waals surface area contributed by atoms with E-state index in [9.17, 15) is 0 Å². The summed E-state index contributed by atoms with van der Waals surface area (Å²) in [5, 5.41) is 3.18. The Labute approximate surface area is 163 Å². The van der Waals surface area contributed by atoms with Crippen LogP contribution in [0.4, 0.5) is 0 Å². The smallest absolute Gasteiger partial charge is 0.188 e. The predicted octanol–water partition coefficient (Wildman–Crippen LogP) is 2.25. The maximum absolute atomic E-state index is 5.91. The summed E-state index contributed by atoms with van der Waals surface area (Å²) in [5.41, 5.74) is 7.22. The van der Waals surface area contributed by atoms with E-state index >= 15 is 0 Å². The summed E-state index contributed by atoms with van der Waals surface area (Å²) in [6.45, 7) is 8.93. The zero-order chi connectivity index (χ0) is 16.5. The Morgan fingerprint density at radius 3 is 2.58 bits per heavy atom. The van der Waals surface area contributed by atoms with Crippen molar-refractivity contribution in [3.05, 3.63) is 35.9 Å². The highest BCUT2D eigenvalue weighted by atomic mass is 127. The largest absolute Gasteiger partial charge is 0.373 e. The Balaban J connectivity index is 0.00000288. The quantitative estimate of drug-likeness (QED) is 0.292. The minimum absolute atomic E-state index is 0. The highest BCUT2D eigenvalue weighted by molar-refractivity contribution is 14.0. The third-order valence-corrected chi connectivity index (χ3v) is 3.97. The minimum Gasteiger partial charge on any atom is -0.373 e. The van der Waals surface area contributed by atoms with Crippen molar-refractivity contribution in [3.63, 3.8) is 0 Å². The monoisotopic (exact) mass is 446 g/mol. The Bertz CT molecular complexity index is 473. The zero-order valence-corrected chi connectivity index (χ0v) is 17.1. The minimum atomic E-state index is 0. The summed E-state index contributed by atoms with van der Waals surface area (Å²) in [4.78, 5) is 6.85. The molecule has 2 atom stereocenters. The molecule has 1 fully saturated rings. The number of ether oxygens (including phenoxy) is 1. The second kappa shape index (κ2) is 11.7. The molecular formula is C18H31IN4O. The number of benzene rings is 1. The van der Waals surface area contributed by atoms with Gasteiger partial charge in [-0.3, -0.25) is 9.89 Å². The topological polar surface area (TPSA) is 62.9 Å². The molecule has 2 unspecified atom stereocenters. The number of hydrogen-bond donors (Lipinski definition) is 2. The molecular weight excluding hydrogens is 415 g/mol. The van der Waals surface area contributed by atoms with Gasteiger partial charge in [0.25, 0.3) is 0 Å². The highest BCUT2D eigenvalue weighted by Gasteiger charge is 2.21. The first-order chi connectivity index (χ1) is 11.1. The first-order valence-corrected chi connectivity index (χ1v) is 8.59. The number of halogens is 1. The van der Waals surface area contributed by atoms with Crippen LogP contribution >= 0.6 is 24.0 Å². The van der Waals surface area contributed by atoms with Gasteiger partial charge in [0.1, 0.15) is 0 Å². The van der Waals surface area contributed by atoms with Gasteiger partial charge in [-0.15, -0.1) is 24.0 Å². The molecule has 0 saturated carbocycles. The fraction of sp³-hybridized carbons (Fsp3) is 0.611. The molecule has 0 radical (unpaired) electrons. The first-order valence-electron chi connectivity index (χ1n) is 8.59. The number of rotatable bonds is 7. The molecule has 0 aliphatic carbocycles. The van der Waals surface area contributed by atoms with Crippen LogP contribution in [-0.2, 0) is 11.2 Å². The standard InChI is InChI=1S/C18H30N4O.HI/c1-15-13-22(14-16(2)23-15)12-6-10-20-18(19)21-11-9-17-7-4-3-5-8-17;/h3-5,7-8,15-16H,6,9-14H2,1-2H3,(H3,19,20,21);1H. The maximum atomic E-state index is 5.91. The van der Waals surface area contributed by atoms with E-state index in [1.807, 2.05) is 6.07 Å². The fourth-order valence-electron chi connectivity index (χ4n) is 3.00. The van der Waals surface area contributed by atoms with Crippen molar-refractivity contribution in [3.8, 4) is 0 Å². The van der Waals surface area contributed by atoms with E-state index in [2.05, 4.69) is 53.3 Å². The van der Waals surface area contributed by atoms with Gasteiger partial charge in [-0.05, 0) is 32.3 Å². The zero-order valence-electron chi connectivity index (χ0n) is 14.8. The van der Waals surface area contributed by atoms with E-state index in [-0.39, 0.29) is 24.0 Å². The van der Waals surface area contributed by atoms with Crippen molar-refractivity contribution in [1.29, 1.82) is 0 Å². The van der Waals surface area contributed by atoms with Gasteiger partial charge in [0.05, 0.1) is 12.2 Å². The molecule has 2 rings (SSSR count). The lowest BCUT2D eigenvalue weighted by Gasteiger charge is -2.35. The van der Waals surface area contributed by atoms with Gasteiger partial charge in [0.2, 0.25) is 0 Å².